The van der Waals surface area contributed by atoms with Gasteiger partial charge in [-0.2, -0.15) is 0 Å². The van der Waals surface area contributed by atoms with Gasteiger partial charge in [-0.05, 0) is 42.0 Å². The largest absolute Gasteiger partial charge is 0.489 e. The van der Waals surface area contributed by atoms with Crippen molar-refractivity contribution < 1.29 is 19.1 Å². The molecule has 0 spiro atoms. The van der Waals surface area contributed by atoms with E-state index in [4.69, 9.17) is 9.47 Å². The van der Waals surface area contributed by atoms with Crippen LogP contribution in [0.5, 0.6) is 5.75 Å². The van der Waals surface area contributed by atoms with Gasteiger partial charge >= 0.3 is 0 Å². The van der Waals surface area contributed by atoms with Gasteiger partial charge in [0.25, 0.3) is 0 Å². The van der Waals surface area contributed by atoms with Gasteiger partial charge in [0.05, 0.1) is 12.2 Å². The highest BCUT2D eigenvalue weighted by Crippen LogP contribution is 2.17. The van der Waals surface area contributed by atoms with Crippen LogP contribution in [0.2, 0.25) is 0 Å². The minimum atomic E-state index is -0.342. The Labute approximate surface area is 175 Å². The zero-order chi connectivity index (χ0) is 21.0. The summed E-state index contributed by atoms with van der Waals surface area (Å²) in [5.74, 6) is 0.0523. The predicted octanol–water partition coefficient (Wildman–Crippen LogP) is 2.93. The minimum absolute atomic E-state index is 0.202. The van der Waals surface area contributed by atoms with Crippen molar-refractivity contribution in [2.24, 2.45) is 0 Å². The molecule has 2 aromatic carbocycles. The topological polar surface area (TPSA) is 89.6 Å². The van der Waals surface area contributed by atoms with Crippen LogP contribution < -0.4 is 15.4 Å². The van der Waals surface area contributed by atoms with Crippen molar-refractivity contribution in [3.05, 3.63) is 90.3 Å². The van der Waals surface area contributed by atoms with Crippen LogP contribution in [0.1, 0.15) is 11.3 Å². The Balaban J connectivity index is 1.33. The summed E-state index contributed by atoms with van der Waals surface area (Å²) < 4.78 is 10.9. The summed E-state index contributed by atoms with van der Waals surface area (Å²) in [6.07, 6.45) is 1.66. The van der Waals surface area contributed by atoms with Crippen LogP contribution in [-0.4, -0.2) is 30.0 Å². The molecule has 0 aliphatic rings. The average molecular weight is 405 g/mol. The van der Waals surface area contributed by atoms with Crippen molar-refractivity contribution in [1.29, 1.82) is 0 Å². The second kappa shape index (κ2) is 11.3. The van der Waals surface area contributed by atoms with Gasteiger partial charge in [0, 0.05) is 11.9 Å². The van der Waals surface area contributed by atoms with E-state index in [9.17, 15) is 9.59 Å². The van der Waals surface area contributed by atoms with Crippen molar-refractivity contribution in [3.8, 4) is 5.75 Å². The molecule has 3 rings (SSSR count). The molecule has 7 heteroatoms. The Morgan fingerprint density at radius 2 is 1.57 bits per heavy atom. The highest BCUT2D eigenvalue weighted by atomic mass is 16.5. The average Bonchev–Trinajstić information content (AvgIpc) is 2.79. The summed E-state index contributed by atoms with van der Waals surface area (Å²) in [7, 11) is 0. The lowest BCUT2D eigenvalue weighted by molar-refractivity contribution is -0.128. The van der Waals surface area contributed by atoms with Gasteiger partial charge < -0.3 is 20.1 Å². The van der Waals surface area contributed by atoms with E-state index in [1.165, 1.54) is 0 Å². The molecule has 0 saturated heterocycles. The maximum atomic E-state index is 12.0. The van der Waals surface area contributed by atoms with Gasteiger partial charge in [0.2, 0.25) is 11.8 Å². The van der Waals surface area contributed by atoms with Gasteiger partial charge in [-0.25, -0.2) is 0 Å². The summed E-state index contributed by atoms with van der Waals surface area (Å²) in [5, 5.41) is 5.39. The fraction of sp³-hybridized carbons (Fsp3) is 0.174. The number of nitrogens with zero attached hydrogens (tertiary/aromatic N) is 1. The van der Waals surface area contributed by atoms with Crippen LogP contribution >= 0.6 is 0 Å². The number of pyridine rings is 1. The van der Waals surface area contributed by atoms with Gasteiger partial charge in [0.15, 0.2) is 0 Å². The molecule has 0 bridgehead atoms. The number of carbonyl (C=O) groups excluding carboxylic acids is 2. The normalized spacial score (nSPS) is 10.3. The van der Waals surface area contributed by atoms with E-state index in [1.54, 1.807) is 36.5 Å². The molecule has 0 atom stereocenters. The molecule has 0 fully saturated rings. The van der Waals surface area contributed by atoms with E-state index in [2.05, 4.69) is 15.6 Å². The van der Waals surface area contributed by atoms with Gasteiger partial charge in [-0.1, -0.05) is 36.4 Å². The van der Waals surface area contributed by atoms with Crippen LogP contribution in [0.4, 0.5) is 5.69 Å². The number of amides is 2. The number of carbonyl (C=O) groups is 2. The minimum Gasteiger partial charge on any atom is -0.489 e. The van der Waals surface area contributed by atoms with Crippen molar-refractivity contribution in [3.63, 3.8) is 0 Å². The Kier molecular flexibility index (Phi) is 7.93. The molecule has 0 aliphatic carbocycles. The maximum Gasteiger partial charge on any atom is 0.250 e. The third-order valence-electron chi connectivity index (χ3n) is 4.05. The summed E-state index contributed by atoms with van der Waals surface area (Å²) in [5.41, 5.74) is 2.45. The summed E-state index contributed by atoms with van der Waals surface area (Å²) >= 11 is 0. The molecule has 2 N–H and O–H groups in total. The number of anilines is 1. The Bertz CT molecular complexity index is 932. The molecule has 0 saturated carbocycles. The number of nitrogens with one attached hydrogen (secondary N) is 2. The van der Waals surface area contributed by atoms with Crippen molar-refractivity contribution in [2.45, 2.75) is 13.2 Å². The number of hydrogen-bond donors (Lipinski definition) is 2. The smallest absolute Gasteiger partial charge is 0.250 e. The third kappa shape index (κ3) is 7.37. The first-order valence-corrected chi connectivity index (χ1v) is 9.50. The summed E-state index contributed by atoms with van der Waals surface area (Å²) in [6, 6.07) is 22.4. The van der Waals surface area contributed by atoms with Gasteiger partial charge in [-0.3, -0.25) is 14.6 Å². The molecule has 1 heterocycles. The fourth-order valence-corrected chi connectivity index (χ4v) is 2.55. The van der Waals surface area contributed by atoms with Gasteiger partial charge in [-0.15, -0.1) is 0 Å². The van der Waals surface area contributed by atoms with E-state index in [0.29, 0.717) is 24.6 Å². The van der Waals surface area contributed by atoms with E-state index < -0.39 is 0 Å². The van der Waals surface area contributed by atoms with Crippen molar-refractivity contribution in [2.75, 3.05) is 18.5 Å². The second-order valence-electron chi connectivity index (χ2n) is 6.44. The SMILES string of the molecule is O=C(COCC(=O)Nc1ccc(OCc2ccccc2)cc1)NCc1ccccn1. The molecular weight excluding hydrogens is 382 g/mol. The first-order chi connectivity index (χ1) is 14.7. The zero-order valence-electron chi connectivity index (χ0n) is 16.4. The molecule has 0 unspecified atom stereocenters. The molecule has 3 aromatic rings. The van der Waals surface area contributed by atoms with Crippen LogP contribution in [0.25, 0.3) is 0 Å². The van der Waals surface area contributed by atoms with Crippen LogP contribution in [0.15, 0.2) is 79.0 Å². The third-order valence-corrected chi connectivity index (χ3v) is 4.05. The molecular formula is C23H23N3O4. The summed E-state index contributed by atoms with van der Waals surface area (Å²) in [4.78, 5) is 27.8. The van der Waals surface area contributed by atoms with E-state index >= 15 is 0 Å². The summed E-state index contributed by atoms with van der Waals surface area (Å²) in [6.45, 7) is 0.368. The number of hydrogen-bond acceptors (Lipinski definition) is 5. The molecule has 154 valence electrons. The number of aromatic nitrogens is 1. The number of rotatable bonds is 10. The van der Waals surface area contributed by atoms with Crippen LogP contribution in [-0.2, 0) is 27.5 Å². The van der Waals surface area contributed by atoms with Crippen molar-refractivity contribution in [1.82, 2.24) is 10.3 Å². The van der Waals surface area contributed by atoms with Crippen LogP contribution in [0.3, 0.4) is 0 Å². The lowest BCUT2D eigenvalue weighted by Gasteiger charge is -2.09. The number of ether oxygens (including phenoxy) is 2. The molecule has 30 heavy (non-hydrogen) atoms. The molecule has 2 amide bonds. The first-order valence-electron chi connectivity index (χ1n) is 9.50. The van der Waals surface area contributed by atoms with Crippen LogP contribution in [0, 0.1) is 0 Å². The Morgan fingerprint density at radius 3 is 2.30 bits per heavy atom. The quantitative estimate of drug-likeness (QED) is 0.541. The second-order valence-corrected chi connectivity index (χ2v) is 6.44. The maximum absolute atomic E-state index is 12.0. The highest BCUT2D eigenvalue weighted by Gasteiger charge is 2.06. The lowest BCUT2D eigenvalue weighted by atomic mass is 10.2. The molecule has 1 aromatic heterocycles. The number of benzene rings is 2. The molecule has 7 nitrogen and oxygen atoms in total. The van der Waals surface area contributed by atoms with E-state index in [-0.39, 0.29) is 25.0 Å². The zero-order valence-corrected chi connectivity index (χ0v) is 16.4. The Hall–Kier alpha value is -3.71. The van der Waals surface area contributed by atoms with E-state index in [1.807, 2.05) is 42.5 Å². The Morgan fingerprint density at radius 1 is 0.833 bits per heavy atom. The van der Waals surface area contributed by atoms with E-state index in [0.717, 1.165) is 11.3 Å². The monoisotopic (exact) mass is 405 g/mol. The highest BCUT2D eigenvalue weighted by molar-refractivity contribution is 5.91. The molecule has 0 radical (unpaired) electrons. The predicted molar refractivity (Wildman–Crippen MR) is 113 cm³/mol. The first kappa shape index (κ1) is 21.0. The lowest BCUT2D eigenvalue weighted by Crippen LogP contribution is -2.29. The van der Waals surface area contributed by atoms with Crippen molar-refractivity contribution >= 4 is 17.5 Å². The van der Waals surface area contributed by atoms with Gasteiger partial charge in [0.1, 0.15) is 25.6 Å². The standard InChI is InChI=1S/C23H23N3O4/c27-22(25-14-20-8-4-5-13-24-20)16-29-17-23(28)26-19-9-11-21(12-10-19)30-15-18-6-2-1-3-7-18/h1-13H,14-17H2,(H,25,27)(H,26,28). The fourth-order valence-electron chi connectivity index (χ4n) is 2.55. The molecule has 0 aliphatic heterocycles.